The summed E-state index contributed by atoms with van der Waals surface area (Å²) in [6, 6.07) is 25.9. The van der Waals surface area contributed by atoms with E-state index in [1.807, 2.05) is 36.4 Å². The number of nitrogens with two attached hydrogens (primary N) is 1. The van der Waals surface area contributed by atoms with Crippen LogP contribution in [-0.4, -0.2) is 47.1 Å². The number of hydrogen-bond donors (Lipinski definition) is 2. The number of unbranched alkanes of at least 4 members (excludes halogenated alkanes) is 5. The summed E-state index contributed by atoms with van der Waals surface area (Å²) in [4.78, 5) is 13.2. The molecule has 1 aliphatic heterocycles. The highest BCUT2D eigenvalue weighted by atomic mass is 31.2. The van der Waals surface area contributed by atoms with Crippen molar-refractivity contribution in [3.05, 3.63) is 102 Å². The average Bonchev–Trinajstić information content (AvgIpc) is 3.60. The monoisotopic (exact) mass is 650 g/mol. The third-order valence-electron chi connectivity index (χ3n) is 8.58. The lowest BCUT2D eigenvalue weighted by Crippen LogP contribution is -2.49. The molecular weight excluding hydrogens is 599 g/mol. The number of benzene rings is 3. The fraction of sp³-hybridized carbons (Fsp3) is 0.486. The number of nitrogens with zero attached hydrogens (tertiary/aromatic N) is 1. The molecule has 0 aromatic heterocycles. The summed E-state index contributed by atoms with van der Waals surface area (Å²) < 4.78 is 33.7. The summed E-state index contributed by atoms with van der Waals surface area (Å²) >= 11 is 0. The van der Waals surface area contributed by atoms with Gasteiger partial charge in [0.1, 0.15) is 18.4 Å². The zero-order valence-electron chi connectivity index (χ0n) is 27.2. The lowest BCUT2D eigenvalue weighted by atomic mass is 9.93. The number of aliphatic hydroxyl groups is 1. The van der Waals surface area contributed by atoms with Crippen LogP contribution in [0.25, 0.3) is 0 Å². The van der Waals surface area contributed by atoms with Gasteiger partial charge < -0.3 is 20.1 Å². The summed E-state index contributed by atoms with van der Waals surface area (Å²) in [7, 11) is -4.09. The second-order valence-electron chi connectivity index (χ2n) is 12.4. The first-order valence-electron chi connectivity index (χ1n) is 16.8. The van der Waals surface area contributed by atoms with Gasteiger partial charge in [0.15, 0.2) is 0 Å². The first kappa shape index (κ1) is 35.8. The van der Waals surface area contributed by atoms with Crippen LogP contribution >= 0.6 is 7.75 Å². The van der Waals surface area contributed by atoms with Gasteiger partial charge >= 0.3 is 13.7 Å². The van der Waals surface area contributed by atoms with Gasteiger partial charge in [0.25, 0.3) is 0 Å². The maximum atomic E-state index is 14.5. The summed E-state index contributed by atoms with van der Waals surface area (Å²) in [5, 5.41) is 10.3. The molecule has 46 heavy (non-hydrogen) atoms. The SMILES string of the molecule is CCCCCCCCc1ccc(CCC(N)(CO)COP(=O)(Oc2ccccc2)N2CCCC2C(=O)OCc2ccccc2)cc1. The fourth-order valence-corrected chi connectivity index (χ4v) is 7.71. The Balaban J connectivity index is 1.37. The lowest BCUT2D eigenvalue weighted by Gasteiger charge is -2.34. The van der Waals surface area contributed by atoms with E-state index in [0.29, 0.717) is 38.0 Å². The summed E-state index contributed by atoms with van der Waals surface area (Å²) in [6.45, 7) is 2.10. The molecule has 9 heteroatoms. The molecule has 0 saturated carbocycles. The predicted octanol–water partition coefficient (Wildman–Crippen LogP) is 7.62. The van der Waals surface area contributed by atoms with Crippen molar-refractivity contribution in [3.63, 3.8) is 0 Å². The van der Waals surface area contributed by atoms with Crippen molar-refractivity contribution in [1.82, 2.24) is 4.67 Å². The number of hydrogen-bond acceptors (Lipinski definition) is 7. The van der Waals surface area contributed by atoms with Crippen LogP contribution < -0.4 is 10.3 Å². The van der Waals surface area contributed by atoms with Crippen molar-refractivity contribution in [2.45, 2.75) is 95.7 Å². The van der Waals surface area contributed by atoms with E-state index in [-0.39, 0.29) is 19.8 Å². The Morgan fingerprint density at radius 3 is 2.20 bits per heavy atom. The van der Waals surface area contributed by atoms with Crippen LogP contribution in [0.4, 0.5) is 0 Å². The maximum Gasteiger partial charge on any atom is 0.462 e. The molecule has 0 spiro atoms. The number of para-hydroxylation sites is 1. The van der Waals surface area contributed by atoms with Crippen molar-refractivity contribution < 1.29 is 28.3 Å². The molecule has 3 aromatic carbocycles. The molecule has 3 atom stereocenters. The Labute approximate surface area is 274 Å². The number of rotatable bonds is 20. The molecule has 1 aliphatic rings. The van der Waals surface area contributed by atoms with Gasteiger partial charge in [0, 0.05) is 6.54 Å². The van der Waals surface area contributed by atoms with Crippen molar-refractivity contribution in [2.24, 2.45) is 5.73 Å². The molecule has 1 saturated heterocycles. The topological polar surface area (TPSA) is 111 Å². The molecule has 3 N–H and O–H groups in total. The molecule has 8 nitrogen and oxygen atoms in total. The van der Waals surface area contributed by atoms with Gasteiger partial charge in [-0.05, 0) is 67.3 Å². The standard InChI is InChI=1S/C37H51N2O6P/c1-2-3-4-5-6-9-15-31-21-23-32(24-22-31)25-26-37(38,29-40)30-44-46(42,45-34-18-12-8-13-19-34)39-27-14-20-35(39)36(41)43-28-33-16-10-7-11-17-33/h7-8,10-13,16-19,21-24,35,40H,2-6,9,14-15,20,25-30,38H2,1H3. The van der Waals surface area contributed by atoms with E-state index in [2.05, 4.69) is 31.2 Å². The molecule has 0 bridgehead atoms. The summed E-state index contributed by atoms with van der Waals surface area (Å²) in [6.07, 6.45) is 10.9. The number of esters is 1. The third-order valence-corrected chi connectivity index (χ3v) is 10.6. The Morgan fingerprint density at radius 2 is 1.52 bits per heavy atom. The average molecular weight is 651 g/mol. The molecule has 3 aromatic rings. The normalized spacial score (nSPS) is 17.7. The van der Waals surface area contributed by atoms with E-state index < -0.39 is 25.3 Å². The number of aryl methyl sites for hydroxylation is 2. The van der Waals surface area contributed by atoms with Crippen molar-refractivity contribution in [3.8, 4) is 5.75 Å². The maximum absolute atomic E-state index is 14.5. The van der Waals surface area contributed by atoms with Crippen LogP contribution in [0.5, 0.6) is 5.75 Å². The second-order valence-corrected chi connectivity index (χ2v) is 14.3. The van der Waals surface area contributed by atoms with E-state index in [4.69, 9.17) is 19.5 Å². The van der Waals surface area contributed by atoms with Gasteiger partial charge in [-0.15, -0.1) is 0 Å². The predicted molar refractivity (Wildman–Crippen MR) is 182 cm³/mol. The Bertz CT molecular complexity index is 1360. The molecule has 3 unspecified atom stereocenters. The first-order chi connectivity index (χ1) is 22.3. The second kappa shape index (κ2) is 18.4. The largest absolute Gasteiger partial charge is 0.462 e. The Morgan fingerprint density at radius 1 is 0.891 bits per heavy atom. The molecule has 1 fully saturated rings. The summed E-state index contributed by atoms with van der Waals surface area (Å²) in [5.74, 6) is -0.134. The van der Waals surface area contributed by atoms with Gasteiger partial charge in [-0.25, -0.2) is 4.57 Å². The highest BCUT2D eigenvalue weighted by molar-refractivity contribution is 7.51. The van der Waals surface area contributed by atoms with Gasteiger partial charge in [0.05, 0.1) is 18.8 Å². The van der Waals surface area contributed by atoms with E-state index in [0.717, 1.165) is 17.5 Å². The minimum absolute atomic E-state index is 0.116. The Hall–Kier alpha value is -3.00. The first-order valence-corrected chi connectivity index (χ1v) is 18.3. The highest BCUT2D eigenvalue weighted by Gasteiger charge is 2.47. The van der Waals surface area contributed by atoms with Gasteiger partial charge in [-0.3, -0.25) is 9.32 Å². The minimum Gasteiger partial charge on any atom is -0.460 e. The Kier molecular flexibility index (Phi) is 14.3. The van der Waals surface area contributed by atoms with Crippen LogP contribution in [-0.2, 0) is 38.1 Å². The number of carbonyl (C=O) groups is 1. The van der Waals surface area contributed by atoms with Crippen LogP contribution in [0.2, 0.25) is 0 Å². The zero-order valence-corrected chi connectivity index (χ0v) is 28.1. The summed E-state index contributed by atoms with van der Waals surface area (Å²) in [5.41, 5.74) is 8.76. The van der Waals surface area contributed by atoms with E-state index in [1.54, 1.807) is 24.3 Å². The van der Waals surface area contributed by atoms with Crippen molar-refractivity contribution in [1.29, 1.82) is 0 Å². The lowest BCUT2D eigenvalue weighted by molar-refractivity contribution is -0.149. The zero-order chi connectivity index (χ0) is 32.7. The van der Waals surface area contributed by atoms with E-state index in [9.17, 15) is 14.5 Å². The van der Waals surface area contributed by atoms with Crippen molar-refractivity contribution >= 4 is 13.7 Å². The van der Waals surface area contributed by atoms with Crippen LogP contribution in [0.1, 0.15) is 81.4 Å². The smallest absolute Gasteiger partial charge is 0.460 e. The number of carbonyl (C=O) groups excluding carboxylic acids is 1. The van der Waals surface area contributed by atoms with Gasteiger partial charge in [0.2, 0.25) is 0 Å². The van der Waals surface area contributed by atoms with Gasteiger partial charge in [-0.2, -0.15) is 4.67 Å². The fourth-order valence-electron chi connectivity index (χ4n) is 5.66. The molecule has 0 aliphatic carbocycles. The number of aliphatic hydroxyl groups excluding tert-OH is 1. The minimum atomic E-state index is -4.09. The van der Waals surface area contributed by atoms with E-state index >= 15 is 0 Å². The number of ether oxygens (including phenoxy) is 1. The van der Waals surface area contributed by atoms with Crippen LogP contribution in [0.15, 0.2) is 84.9 Å². The molecule has 0 amide bonds. The molecule has 0 radical (unpaired) electrons. The molecular formula is C37H51N2O6P. The molecule has 4 rings (SSSR count). The quantitative estimate of drug-likeness (QED) is 0.0730. The molecule has 250 valence electrons. The van der Waals surface area contributed by atoms with Crippen molar-refractivity contribution in [2.75, 3.05) is 19.8 Å². The van der Waals surface area contributed by atoms with E-state index in [1.165, 1.54) is 48.8 Å². The van der Waals surface area contributed by atoms with Gasteiger partial charge in [-0.1, -0.05) is 112 Å². The van der Waals surface area contributed by atoms with Crippen LogP contribution in [0.3, 0.4) is 0 Å². The molecule has 1 heterocycles. The highest BCUT2D eigenvalue weighted by Crippen LogP contribution is 2.55. The van der Waals surface area contributed by atoms with Crippen LogP contribution in [0, 0.1) is 0 Å². The third kappa shape index (κ3) is 11.1.